The topological polar surface area (TPSA) is 64.7 Å². The number of rotatable bonds is 1. The summed E-state index contributed by atoms with van der Waals surface area (Å²) >= 11 is 1.29. The minimum atomic E-state index is -0.349. The molecular weight excluding hydrogens is 239 g/mol. The largest absolute Gasteiger partial charge is 0.399 e. The number of hydrogen-bond acceptors (Lipinski definition) is 5. The molecule has 0 amide bonds. The van der Waals surface area contributed by atoms with Gasteiger partial charge in [-0.15, -0.1) is 0 Å². The van der Waals surface area contributed by atoms with Crippen LogP contribution in [0.25, 0.3) is 21.0 Å². The highest BCUT2D eigenvalue weighted by Crippen LogP contribution is 2.30. The third-order valence-electron chi connectivity index (χ3n) is 2.27. The van der Waals surface area contributed by atoms with E-state index in [1.165, 1.54) is 23.5 Å². The lowest BCUT2D eigenvalue weighted by molar-refractivity contribution is 0.631. The Kier molecular flexibility index (Phi) is 2.22. The first-order valence-electron chi connectivity index (χ1n) is 4.87. The minimum absolute atomic E-state index is 0.349. The van der Waals surface area contributed by atoms with E-state index in [2.05, 4.69) is 15.0 Å². The normalized spacial score (nSPS) is 10.9. The maximum Gasteiger partial charge on any atom is 0.190 e. The van der Waals surface area contributed by atoms with Crippen LogP contribution in [0, 0.1) is 5.82 Å². The van der Waals surface area contributed by atoms with Gasteiger partial charge in [0.1, 0.15) is 10.8 Å². The van der Waals surface area contributed by atoms with Crippen molar-refractivity contribution in [3.8, 4) is 10.6 Å². The van der Waals surface area contributed by atoms with Crippen LogP contribution in [-0.4, -0.2) is 15.0 Å². The number of thiazole rings is 1. The van der Waals surface area contributed by atoms with E-state index in [1.807, 2.05) is 0 Å². The van der Waals surface area contributed by atoms with Gasteiger partial charge in [-0.2, -0.15) is 0 Å². The molecule has 0 aliphatic heterocycles. The zero-order chi connectivity index (χ0) is 11.8. The van der Waals surface area contributed by atoms with Gasteiger partial charge in [-0.25, -0.2) is 19.3 Å². The van der Waals surface area contributed by atoms with Crippen LogP contribution in [0.15, 0.2) is 30.6 Å². The summed E-state index contributed by atoms with van der Waals surface area (Å²) in [6, 6.07) is 4.41. The first kappa shape index (κ1) is 10.1. The van der Waals surface area contributed by atoms with Crippen LogP contribution in [0.2, 0.25) is 0 Å². The Hall–Kier alpha value is -2.08. The molecule has 0 saturated heterocycles. The molecule has 0 saturated carbocycles. The molecule has 2 aromatic heterocycles. The maximum atomic E-state index is 13.7. The first-order chi connectivity index (χ1) is 8.24. The van der Waals surface area contributed by atoms with Gasteiger partial charge < -0.3 is 5.73 Å². The van der Waals surface area contributed by atoms with Crippen molar-refractivity contribution in [2.75, 3.05) is 5.73 Å². The van der Waals surface area contributed by atoms with Crippen molar-refractivity contribution < 1.29 is 4.39 Å². The molecule has 1 aromatic carbocycles. The maximum absolute atomic E-state index is 13.7. The standard InChI is InChI=1S/C11H7FN4S/c12-8-2-1-6(13)5-7(8)10-16-9-11(17-10)15-4-3-14-9/h1-5H,13H2. The van der Waals surface area contributed by atoms with E-state index in [9.17, 15) is 4.39 Å². The zero-order valence-corrected chi connectivity index (χ0v) is 9.41. The molecule has 0 aliphatic carbocycles. The van der Waals surface area contributed by atoms with Crippen LogP contribution >= 0.6 is 11.3 Å². The summed E-state index contributed by atoms with van der Waals surface area (Å²) in [6.45, 7) is 0. The Labute approximate surface area is 100.0 Å². The molecule has 84 valence electrons. The fourth-order valence-corrected chi connectivity index (χ4v) is 2.38. The average Bonchev–Trinajstić information content (AvgIpc) is 2.75. The lowest BCUT2D eigenvalue weighted by Gasteiger charge is -1.99. The molecule has 0 fully saturated rings. The number of benzene rings is 1. The summed E-state index contributed by atoms with van der Waals surface area (Å²) in [7, 11) is 0. The summed E-state index contributed by atoms with van der Waals surface area (Å²) in [6.07, 6.45) is 3.14. The summed E-state index contributed by atoms with van der Waals surface area (Å²) in [5.41, 5.74) is 7.05. The lowest BCUT2D eigenvalue weighted by Crippen LogP contribution is -1.89. The zero-order valence-electron chi connectivity index (χ0n) is 8.59. The molecule has 0 aliphatic rings. The summed E-state index contributed by atoms with van der Waals surface area (Å²) in [5.74, 6) is -0.349. The van der Waals surface area contributed by atoms with Crippen LogP contribution < -0.4 is 5.73 Å². The van der Waals surface area contributed by atoms with Crippen molar-refractivity contribution in [1.82, 2.24) is 15.0 Å². The number of aromatic nitrogens is 3. The van der Waals surface area contributed by atoms with Crippen molar-refractivity contribution in [3.63, 3.8) is 0 Å². The van der Waals surface area contributed by atoms with E-state index in [1.54, 1.807) is 18.5 Å². The highest BCUT2D eigenvalue weighted by molar-refractivity contribution is 7.21. The van der Waals surface area contributed by atoms with Crippen LogP contribution in [0.5, 0.6) is 0 Å². The van der Waals surface area contributed by atoms with E-state index in [0.29, 0.717) is 26.7 Å². The summed E-state index contributed by atoms with van der Waals surface area (Å²) in [5, 5.41) is 0.538. The molecule has 0 unspecified atom stereocenters. The number of nitrogens with two attached hydrogens (primary N) is 1. The Balaban J connectivity index is 2.23. The van der Waals surface area contributed by atoms with E-state index >= 15 is 0 Å². The molecule has 6 heteroatoms. The number of fused-ring (bicyclic) bond motifs is 1. The van der Waals surface area contributed by atoms with E-state index in [-0.39, 0.29) is 5.82 Å². The van der Waals surface area contributed by atoms with Crippen molar-refractivity contribution in [3.05, 3.63) is 36.4 Å². The Morgan fingerprint density at radius 1 is 1.18 bits per heavy atom. The Bertz CT molecular complexity index is 662. The van der Waals surface area contributed by atoms with Gasteiger partial charge in [-0.05, 0) is 18.2 Å². The molecule has 0 atom stereocenters. The number of nitrogens with zero attached hydrogens (tertiary/aromatic N) is 3. The van der Waals surface area contributed by atoms with Gasteiger partial charge in [-0.1, -0.05) is 11.3 Å². The predicted molar refractivity (Wildman–Crippen MR) is 65.0 cm³/mol. The van der Waals surface area contributed by atoms with Crippen molar-refractivity contribution in [1.29, 1.82) is 0 Å². The van der Waals surface area contributed by atoms with Gasteiger partial charge in [0, 0.05) is 23.6 Å². The van der Waals surface area contributed by atoms with Gasteiger partial charge in [0.2, 0.25) is 0 Å². The van der Waals surface area contributed by atoms with Crippen molar-refractivity contribution in [2.45, 2.75) is 0 Å². The number of anilines is 1. The van der Waals surface area contributed by atoms with E-state index in [4.69, 9.17) is 5.73 Å². The number of hydrogen-bond donors (Lipinski definition) is 1. The molecule has 2 N–H and O–H groups in total. The Morgan fingerprint density at radius 3 is 2.82 bits per heavy atom. The SMILES string of the molecule is Nc1ccc(F)c(-c2nc3nccnc3s2)c1. The van der Waals surface area contributed by atoms with Gasteiger partial charge in [0.25, 0.3) is 0 Å². The van der Waals surface area contributed by atoms with E-state index < -0.39 is 0 Å². The third kappa shape index (κ3) is 1.72. The molecule has 3 aromatic rings. The summed E-state index contributed by atoms with van der Waals surface area (Å²) in [4.78, 5) is 13.1. The number of nitrogen functional groups attached to an aromatic ring is 1. The molecule has 0 spiro atoms. The highest BCUT2D eigenvalue weighted by atomic mass is 32.1. The second-order valence-corrected chi connectivity index (χ2v) is 4.42. The Morgan fingerprint density at radius 2 is 2.00 bits per heavy atom. The van der Waals surface area contributed by atoms with Crippen molar-refractivity contribution in [2.24, 2.45) is 0 Å². The van der Waals surface area contributed by atoms with Gasteiger partial charge >= 0.3 is 0 Å². The highest BCUT2D eigenvalue weighted by Gasteiger charge is 2.12. The van der Waals surface area contributed by atoms with Gasteiger partial charge in [-0.3, -0.25) is 0 Å². The monoisotopic (exact) mass is 246 g/mol. The van der Waals surface area contributed by atoms with Crippen LogP contribution in [0.1, 0.15) is 0 Å². The fourth-order valence-electron chi connectivity index (χ4n) is 1.50. The smallest absolute Gasteiger partial charge is 0.190 e. The van der Waals surface area contributed by atoms with Crippen molar-refractivity contribution >= 4 is 27.5 Å². The van der Waals surface area contributed by atoms with Crippen LogP contribution in [0.3, 0.4) is 0 Å². The average molecular weight is 246 g/mol. The van der Waals surface area contributed by atoms with Crippen LogP contribution in [-0.2, 0) is 0 Å². The summed E-state index contributed by atoms with van der Waals surface area (Å²) < 4.78 is 13.7. The molecule has 17 heavy (non-hydrogen) atoms. The van der Waals surface area contributed by atoms with Gasteiger partial charge in [0.05, 0.1) is 0 Å². The quantitative estimate of drug-likeness (QED) is 0.670. The second kappa shape index (κ2) is 3.74. The fraction of sp³-hybridized carbons (Fsp3) is 0. The minimum Gasteiger partial charge on any atom is -0.399 e. The molecule has 3 rings (SSSR count). The van der Waals surface area contributed by atoms with Crippen LogP contribution in [0.4, 0.5) is 10.1 Å². The molecular formula is C11H7FN4S. The molecule has 4 nitrogen and oxygen atoms in total. The lowest BCUT2D eigenvalue weighted by atomic mass is 10.2. The van der Waals surface area contributed by atoms with E-state index in [0.717, 1.165) is 0 Å². The second-order valence-electron chi connectivity index (χ2n) is 3.44. The molecule has 0 radical (unpaired) electrons. The number of halogens is 1. The van der Waals surface area contributed by atoms with Gasteiger partial charge in [0.15, 0.2) is 10.5 Å². The first-order valence-corrected chi connectivity index (χ1v) is 5.68. The molecule has 0 bridgehead atoms. The predicted octanol–water partition coefficient (Wildman–Crippen LogP) is 2.47. The molecule has 2 heterocycles. The third-order valence-corrected chi connectivity index (χ3v) is 3.25.